The number of aryl methyl sites for hydroxylation is 2. The van der Waals surface area contributed by atoms with E-state index in [-0.39, 0.29) is 52.0 Å². The third-order valence-electron chi connectivity index (χ3n) is 3.67. The fraction of sp³-hybridized carbons (Fsp3) is 0.400. The monoisotopic (exact) mass is 573 g/mol. The van der Waals surface area contributed by atoms with Crippen molar-refractivity contribution < 1.29 is 54.5 Å². The van der Waals surface area contributed by atoms with Crippen LogP contribution in [-0.2, 0) is 21.1 Å². The molecule has 0 unspecified atom stereocenters. The van der Waals surface area contributed by atoms with E-state index in [2.05, 4.69) is 4.99 Å². The SMILES string of the molecule is CC1=CC(C)=N/C1=C(/CCN)c1c(C)cc(C)n1B(F)F.N.[Cl-].[Cl-].[Pt+2]. The van der Waals surface area contributed by atoms with Gasteiger partial charge >= 0.3 is 28.5 Å². The number of allylic oxidation sites excluding steroid dienone is 2. The summed E-state index contributed by atoms with van der Waals surface area (Å²) >= 11 is 0. The molecule has 4 nitrogen and oxygen atoms in total. The normalized spacial score (nSPS) is 14.2. The van der Waals surface area contributed by atoms with Crippen LogP contribution in [0.1, 0.15) is 37.2 Å². The van der Waals surface area contributed by atoms with Gasteiger partial charge in [0.15, 0.2) is 0 Å². The largest absolute Gasteiger partial charge is 2.00 e. The maximum Gasteiger partial charge on any atom is 2.00 e. The zero-order valence-electron chi connectivity index (χ0n) is 14.7. The summed E-state index contributed by atoms with van der Waals surface area (Å²) in [5.74, 6) is 0. The molecule has 0 fully saturated rings. The molecule has 1 aromatic heterocycles. The van der Waals surface area contributed by atoms with Gasteiger partial charge in [-0.25, -0.2) is 0 Å². The topological polar surface area (TPSA) is 78.3 Å². The van der Waals surface area contributed by atoms with Crippen LogP contribution in [0.5, 0.6) is 0 Å². The van der Waals surface area contributed by atoms with Gasteiger partial charge in [-0.15, -0.1) is 0 Å². The summed E-state index contributed by atoms with van der Waals surface area (Å²) in [6.45, 7) is 7.79. The average Bonchev–Trinajstić information content (AvgIpc) is 2.85. The van der Waals surface area contributed by atoms with E-state index in [1.165, 1.54) is 0 Å². The number of hydrogen-bond donors (Lipinski definition) is 2. The van der Waals surface area contributed by atoms with Crippen molar-refractivity contribution in [2.45, 2.75) is 34.1 Å². The molecule has 0 amide bonds. The Morgan fingerprint density at radius 3 is 2.16 bits per heavy atom. The third-order valence-corrected chi connectivity index (χ3v) is 3.67. The van der Waals surface area contributed by atoms with Crippen LogP contribution in [0, 0.1) is 13.8 Å². The van der Waals surface area contributed by atoms with E-state index in [0.29, 0.717) is 24.4 Å². The maximum atomic E-state index is 13.4. The fourth-order valence-corrected chi connectivity index (χ4v) is 2.93. The van der Waals surface area contributed by atoms with Crippen molar-refractivity contribution in [3.63, 3.8) is 0 Å². The van der Waals surface area contributed by atoms with Crippen LogP contribution in [0.25, 0.3) is 5.57 Å². The van der Waals surface area contributed by atoms with Gasteiger partial charge in [-0.3, -0.25) is 13.6 Å². The molecule has 0 saturated heterocycles. The molecule has 144 valence electrons. The van der Waals surface area contributed by atoms with Gasteiger partial charge in [0.25, 0.3) is 0 Å². The number of hydrogen-bond acceptors (Lipinski definition) is 3. The van der Waals surface area contributed by atoms with Crippen molar-refractivity contribution in [3.05, 3.63) is 40.4 Å². The summed E-state index contributed by atoms with van der Waals surface area (Å²) in [6, 6.07) is 1.78. The van der Waals surface area contributed by atoms with Crippen molar-refractivity contribution >= 4 is 18.7 Å². The number of rotatable bonds is 4. The molecule has 0 saturated carbocycles. The summed E-state index contributed by atoms with van der Waals surface area (Å²) in [5.41, 5.74) is 11.1. The first-order valence-electron chi connectivity index (χ1n) is 7.01. The summed E-state index contributed by atoms with van der Waals surface area (Å²) < 4.78 is 27.9. The van der Waals surface area contributed by atoms with Gasteiger partial charge in [-0.05, 0) is 63.9 Å². The van der Waals surface area contributed by atoms with Gasteiger partial charge < -0.3 is 41.2 Å². The minimum atomic E-state index is -2.57. The van der Waals surface area contributed by atoms with E-state index in [4.69, 9.17) is 5.73 Å². The van der Waals surface area contributed by atoms with E-state index in [1.807, 2.05) is 26.8 Å². The molecule has 0 aliphatic carbocycles. The molecule has 0 spiro atoms. The summed E-state index contributed by atoms with van der Waals surface area (Å²) in [6.07, 6.45) is 2.48. The predicted molar refractivity (Wildman–Crippen MR) is 89.8 cm³/mol. The molecule has 10 heteroatoms. The van der Waals surface area contributed by atoms with Gasteiger partial charge in [0.2, 0.25) is 0 Å². The van der Waals surface area contributed by atoms with E-state index in [9.17, 15) is 8.63 Å². The molecular weight excluding hydrogens is 551 g/mol. The summed E-state index contributed by atoms with van der Waals surface area (Å²) in [4.78, 5) is 4.51. The molecule has 5 N–H and O–H groups in total. The van der Waals surface area contributed by atoms with Gasteiger partial charge in [-0.1, -0.05) is 0 Å². The maximum absolute atomic E-state index is 13.4. The Balaban J connectivity index is -0.00000121. The van der Waals surface area contributed by atoms with Crippen LogP contribution in [-0.4, -0.2) is 24.1 Å². The molecule has 1 aliphatic heterocycles. The molecule has 1 aliphatic rings. The minimum absolute atomic E-state index is 0. The molecule has 0 atom stereocenters. The number of halogens is 4. The second-order valence-electron chi connectivity index (χ2n) is 5.41. The second-order valence-corrected chi connectivity index (χ2v) is 5.41. The third kappa shape index (κ3) is 6.04. The first kappa shape index (κ1) is 29.3. The van der Waals surface area contributed by atoms with E-state index in [1.54, 1.807) is 13.0 Å². The van der Waals surface area contributed by atoms with E-state index in [0.717, 1.165) is 32.6 Å². The molecule has 2 rings (SSSR count). The Hall–Kier alpha value is -0.457. The predicted octanol–water partition coefficient (Wildman–Crippen LogP) is -2.47. The Bertz CT molecular complexity index is 673. The van der Waals surface area contributed by atoms with Crippen molar-refractivity contribution in [3.8, 4) is 0 Å². The van der Waals surface area contributed by atoms with Crippen LogP contribution in [0.4, 0.5) is 8.63 Å². The summed E-state index contributed by atoms with van der Waals surface area (Å²) in [5, 5.41) is 0. The van der Waals surface area contributed by atoms with Crippen LogP contribution >= 0.6 is 0 Å². The molecule has 0 bridgehead atoms. The minimum Gasteiger partial charge on any atom is -1.00 e. The Labute approximate surface area is 175 Å². The molecule has 1 aromatic rings. The van der Waals surface area contributed by atoms with E-state index < -0.39 is 7.40 Å². The van der Waals surface area contributed by atoms with Gasteiger partial charge in [0.05, 0.1) is 5.70 Å². The zero-order chi connectivity index (χ0) is 15.7. The van der Waals surface area contributed by atoms with Crippen molar-refractivity contribution in [2.75, 3.05) is 6.54 Å². The number of nitrogens with zero attached hydrogens (tertiary/aromatic N) is 2. The van der Waals surface area contributed by atoms with Crippen LogP contribution in [0.2, 0.25) is 0 Å². The second kappa shape index (κ2) is 12.0. The van der Waals surface area contributed by atoms with Gasteiger partial charge in [-0.2, -0.15) is 0 Å². The Morgan fingerprint density at radius 2 is 1.76 bits per heavy atom. The fourth-order valence-electron chi connectivity index (χ4n) is 2.93. The zero-order valence-corrected chi connectivity index (χ0v) is 18.4. The average molecular weight is 574 g/mol. The molecule has 0 radical (unpaired) electrons. The van der Waals surface area contributed by atoms with Crippen molar-refractivity contribution in [1.82, 2.24) is 10.6 Å². The molecule has 2 heterocycles. The van der Waals surface area contributed by atoms with Crippen LogP contribution < -0.4 is 36.7 Å². The van der Waals surface area contributed by atoms with Crippen molar-refractivity contribution in [2.24, 2.45) is 10.7 Å². The van der Waals surface area contributed by atoms with Crippen LogP contribution in [0.15, 0.2) is 28.4 Å². The smallest absolute Gasteiger partial charge is 1.00 e. The number of aliphatic imine (C=N–C) groups is 1. The van der Waals surface area contributed by atoms with Gasteiger partial charge in [0.1, 0.15) is 0 Å². The van der Waals surface area contributed by atoms with Crippen LogP contribution in [0.3, 0.4) is 0 Å². The first-order valence-corrected chi connectivity index (χ1v) is 7.01. The molecular formula is C15H23BCl2F2N4Pt. The summed E-state index contributed by atoms with van der Waals surface area (Å²) in [7, 11) is -2.57. The van der Waals surface area contributed by atoms with Crippen molar-refractivity contribution in [1.29, 1.82) is 0 Å². The molecule has 25 heavy (non-hydrogen) atoms. The number of aromatic nitrogens is 1. The number of nitrogens with two attached hydrogens (primary N) is 1. The Morgan fingerprint density at radius 1 is 1.20 bits per heavy atom. The Kier molecular flexibility index (Phi) is 14.1. The standard InChI is InChI=1S/C15H20BF2N3.2ClH.H3N.Pt/c1-9-7-11(3)20-14(9)13(5-6-19)15-10(2)8-12(4)21(15)16(17)18;;;;/h7-8H,5-6,19H2,1-4H3;2*1H;1H3;/q;;;;+2/p-2/b14-13-;;;;. The molecule has 0 aromatic carbocycles. The van der Waals surface area contributed by atoms with E-state index >= 15 is 0 Å². The first-order chi connectivity index (χ1) is 9.86. The quantitative estimate of drug-likeness (QED) is 0.392. The van der Waals surface area contributed by atoms with Gasteiger partial charge in [0, 0.05) is 22.7 Å².